The zero-order valence-corrected chi connectivity index (χ0v) is 13.6. The molecular weight excluding hydrogens is 355 g/mol. The normalized spacial score (nSPS) is 14.7. The number of nitrogens with one attached hydrogen (secondary N) is 2. The molecule has 0 saturated carbocycles. The van der Waals surface area contributed by atoms with E-state index < -0.39 is 30.8 Å². The average molecular weight is 373 g/mol. The minimum atomic E-state index is -3.19. The molecule has 0 aromatic heterocycles. The Labute approximate surface area is 147 Å². The molecule has 26 heavy (non-hydrogen) atoms. The number of anilines is 2. The maximum absolute atomic E-state index is 14.3. The molecule has 1 atom stereocenters. The summed E-state index contributed by atoms with van der Waals surface area (Å²) in [6, 6.07) is 4.06. The second kappa shape index (κ2) is 9.04. The van der Waals surface area contributed by atoms with Crippen molar-refractivity contribution in [1.82, 2.24) is 10.7 Å². The van der Waals surface area contributed by atoms with Gasteiger partial charge in [0.05, 0.1) is 24.9 Å². The van der Waals surface area contributed by atoms with Gasteiger partial charge in [-0.15, -0.1) is 0 Å². The maximum atomic E-state index is 14.3. The highest BCUT2D eigenvalue weighted by Crippen LogP contribution is 2.24. The molecule has 142 valence electrons. The van der Waals surface area contributed by atoms with Crippen LogP contribution < -0.4 is 20.5 Å². The summed E-state index contributed by atoms with van der Waals surface area (Å²) in [7, 11) is 0. The molecule has 2 amide bonds. The van der Waals surface area contributed by atoms with Crippen molar-refractivity contribution >= 4 is 30.0 Å². The molecule has 0 aliphatic carbocycles. The van der Waals surface area contributed by atoms with Crippen molar-refractivity contribution in [1.29, 1.82) is 0 Å². The highest BCUT2D eigenvalue weighted by molar-refractivity contribution is 5.82. The van der Waals surface area contributed by atoms with Crippen molar-refractivity contribution in [3.05, 3.63) is 24.0 Å². The molecular formula is C15H18F3N5O3. The molecule has 0 radical (unpaired) electrons. The van der Waals surface area contributed by atoms with Gasteiger partial charge in [0.2, 0.25) is 6.41 Å². The fourth-order valence-corrected chi connectivity index (χ4v) is 2.29. The Morgan fingerprint density at radius 1 is 1.50 bits per heavy atom. The minimum Gasteiger partial charge on any atom is -0.389 e. The zero-order chi connectivity index (χ0) is 19.1. The van der Waals surface area contributed by atoms with E-state index in [0.717, 1.165) is 11.0 Å². The lowest BCUT2D eigenvalue weighted by atomic mass is 10.2. The van der Waals surface area contributed by atoms with Crippen LogP contribution in [0.15, 0.2) is 23.3 Å². The van der Waals surface area contributed by atoms with Crippen molar-refractivity contribution in [2.24, 2.45) is 5.10 Å². The molecule has 2 rings (SSSR count). The van der Waals surface area contributed by atoms with Crippen LogP contribution in [0.1, 0.15) is 0 Å². The van der Waals surface area contributed by atoms with Crippen LogP contribution in [0.25, 0.3) is 0 Å². The van der Waals surface area contributed by atoms with E-state index in [-0.39, 0.29) is 17.9 Å². The lowest BCUT2D eigenvalue weighted by Crippen LogP contribution is -2.41. The Morgan fingerprint density at radius 3 is 2.85 bits per heavy atom. The van der Waals surface area contributed by atoms with E-state index in [9.17, 15) is 27.9 Å². The van der Waals surface area contributed by atoms with E-state index >= 15 is 0 Å². The molecule has 1 aliphatic rings. The van der Waals surface area contributed by atoms with E-state index in [4.69, 9.17) is 0 Å². The number of rotatable bonds is 8. The highest BCUT2D eigenvalue weighted by atomic mass is 19.3. The van der Waals surface area contributed by atoms with E-state index in [1.54, 1.807) is 4.90 Å². The van der Waals surface area contributed by atoms with Crippen molar-refractivity contribution in [2.45, 2.75) is 12.5 Å². The number of hydrogen-bond donors (Lipinski definition) is 3. The Hall–Kier alpha value is -2.82. The summed E-state index contributed by atoms with van der Waals surface area (Å²) in [6.45, 7) is 0.292. The lowest BCUT2D eigenvalue weighted by Gasteiger charge is -2.25. The molecule has 3 N–H and O–H groups in total. The van der Waals surface area contributed by atoms with Crippen LogP contribution >= 0.6 is 0 Å². The molecule has 11 heteroatoms. The van der Waals surface area contributed by atoms with E-state index in [1.807, 2.05) is 5.32 Å². The molecule has 0 saturated heterocycles. The molecule has 0 fully saturated rings. The molecule has 0 bridgehead atoms. The van der Waals surface area contributed by atoms with Crippen LogP contribution in [0.5, 0.6) is 0 Å². The first-order chi connectivity index (χ1) is 12.4. The van der Waals surface area contributed by atoms with Crippen molar-refractivity contribution < 1.29 is 27.9 Å². The first kappa shape index (κ1) is 19.5. The Bertz CT molecular complexity index is 674. The predicted octanol–water partition coefficient (Wildman–Crippen LogP) is -0.116. The molecule has 1 aromatic rings. The number of aliphatic hydroxyl groups is 1. The third kappa shape index (κ3) is 5.09. The SMILES string of the molecule is O=CN(C[C@@H](O)CNC(=O)C(F)F)c1ccc(N2C=NNCC2)c(F)c1. The van der Waals surface area contributed by atoms with Gasteiger partial charge < -0.3 is 25.6 Å². The number of amides is 2. The van der Waals surface area contributed by atoms with Gasteiger partial charge in [0.1, 0.15) is 12.2 Å². The van der Waals surface area contributed by atoms with Crippen LogP contribution in [0.2, 0.25) is 0 Å². The molecule has 1 aromatic carbocycles. The number of hydrogen-bond acceptors (Lipinski definition) is 6. The van der Waals surface area contributed by atoms with E-state index in [2.05, 4.69) is 10.5 Å². The summed E-state index contributed by atoms with van der Waals surface area (Å²) >= 11 is 0. The van der Waals surface area contributed by atoms with Crippen molar-refractivity contribution in [3.8, 4) is 0 Å². The topological polar surface area (TPSA) is 97.3 Å². The number of halogens is 3. The first-order valence-electron chi connectivity index (χ1n) is 7.70. The second-order valence-corrected chi connectivity index (χ2v) is 5.44. The molecule has 1 aliphatic heterocycles. The monoisotopic (exact) mass is 373 g/mol. The van der Waals surface area contributed by atoms with E-state index in [0.29, 0.717) is 19.5 Å². The Balaban J connectivity index is 2.01. The van der Waals surface area contributed by atoms with Crippen LogP contribution in [-0.4, -0.2) is 62.5 Å². The van der Waals surface area contributed by atoms with Crippen molar-refractivity contribution in [3.63, 3.8) is 0 Å². The number of nitrogens with zero attached hydrogens (tertiary/aromatic N) is 3. The number of benzene rings is 1. The van der Waals surface area contributed by atoms with Gasteiger partial charge in [-0.3, -0.25) is 9.59 Å². The number of aliphatic hydroxyl groups excluding tert-OH is 1. The third-order valence-corrected chi connectivity index (χ3v) is 3.57. The Kier molecular flexibility index (Phi) is 6.78. The van der Waals surface area contributed by atoms with Gasteiger partial charge in [0, 0.05) is 18.8 Å². The van der Waals surface area contributed by atoms with Gasteiger partial charge in [-0.2, -0.15) is 13.9 Å². The summed E-state index contributed by atoms with van der Waals surface area (Å²) in [4.78, 5) is 24.6. The van der Waals surface area contributed by atoms with Gasteiger partial charge >= 0.3 is 6.43 Å². The van der Waals surface area contributed by atoms with Crippen LogP contribution in [0.3, 0.4) is 0 Å². The summed E-state index contributed by atoms with van der Waals surface area (Å²) in [6.07, 6.45) is -2.68. The quantitative estimate of drug-likeness (QED) is 0.552. The van der Waals surface area contributed by atoms with E-state index in [1.165, 1.54) is 18.5 Å². The van der Waals surface area contributed by atoms with Gasteiger partial charge in [-0.05, 0) is 18.2 Å². The predicted molar refractivity (Wildman–Crippen MR) is 88.7 cm³/mol. The Morgan fingerprint density at radius 2 is 2.27 bits per heavy atom. The number of carbonyl (C=O) groups excluding carboxylic acids is 2. The number of hydrazone groups is 1. The van der Waals surface area contributed by atoms with Gasteiger partial charge in [0.25, 0.3) is 5.91 Å². The smallest absolute Gasteiger partial charge is 0.315 e. The highest BCUT2D eigenvalue weighted by Gasteiger charge is 2.19. The fraction of sp³-hybridized carbons (Fsp3) is 0.400. The summed E-state index contributed by atoms with van der Waals surface area (Å²) in [5, 5.41) is 15.5. The van der Waals surface area contributed by atoms with Crippen LogP contribution in [0.4, 0.5) is 24.5 Å². The summed E-state index contributed by atoms with van der Waals surface area (Å²) in [5.41, 5.74) is 3.18. The summed E-state index contributed by atoms with van der Waals surface area (Å²) in [5.74, 6) is -2.11. The standard InChI is InChI=1S/C15H18F3N5O3/c16-12-5-10(1-2-13(12)22-4-3-20-21-8-22)23(9-24)7-11(25)6-19-15(26)14(17)18/h1-2,5,8-9,11,14,20,25H,3-4,6-7H2,(H,19,26)/t11-/m0/s1. The van der Waals surface area contributed by atoms with Crippen LogP contribution in [0, 0.1) is 5.82 Å². The number of carbonyl (C=O) groups is 2. The van der Waals surface area contributed by atoms with Crippen molar-refractivity contribution in [2.75, 3.05) is 36.0 Å². The third-order valence-electron chi connectivity index (χ3n) is 3.57. The minimum absolute atomic E-state index is 0.174. The van der Waals surface area contributed by atoms with Gasteiger partial charge in [-0.1, -0.05) is 0 Å². The second-order valence-electron chi connectivity index (χ2n) is 5.44. The summed E-state index contributed by atoms with van der Waals surface area (Å²) < 4.78 is 38.5. The lowest BCUT2D eigenvalue weighted by molar-refractivity contribution is -0.132. The molecule has 0 unspecified atom stereocenters. The fourth-order valence-electron chi connectivity index (χ4n) is 2.29. The maximum Gasteiger partial charge on any atom is 0.315 e. The molecule has 8 nitrogen and oxygen atoms in total. The zero-order valence-electron chi connectivity index (χ0n) is 13.6. The largest absolute Gasteiger partial charge is 0.389 e. The van der Waals surface area contributed by atoms with Gasteiger partial charge in [0.15, 0.2) is 0 Å². The molecule has 0 spiro atoms. The first-order valence-corrected chi connectivity index (χ1v) is 7.70. The van der Waals surface area contributed by atoms with Gasteiger partial charge in [-0.25, -0.2) is 4.39 Å². The average Bonchev–Trinajstić information content (AvgIpc) is 2.64. The number of alkyl halides is 2. The van der Waals surface area contributed by atoms with Crippen LogP contribution in [-0.2, 0) is 9.59 Å². The molecule has 1 heterocycles.